The van der Waals surface area contributed by atoms with E-state index < -0.39 is 0 Å². The Morgan fingerprint density at radius 1 is 1.22 bits per heavy atom. The topological polar surface area (TPSA) is 24.7 Å². The van der Waals surface area contributed by atoms with E-state index in [0.717, 1.165) is 6.54 Å². The highest BCUT2D eigenvalue weighted by molar-refractivity contribution is 5.18. The average Bonchev–Trinajstić information content (AvgIpc) is 2.33. The van der Waals surface area contributed by atoms with Crippen molar-refractivity contribution in [3.05, 3.63) is 24.3 Å². The van der Waals surface area contributed by atoms with Crippen molar-refractivity contribution in [2.45, 2.75) is 6.04 Å². The first-order valence-electron chi connectivity index (χ1n) is 3.18. The molecule has 2 nitrogen and oxygen atoms in total. The molecule has 0 aromatic carbocycles. The lowest BCUT2D eigenvalue weighted by atomic mass is 9.97. The van der Waals surface area contributed by atoms with Crippen molar-refractivity contribution in [3.63, 3.8) is 0 Å². The van der Waals surface area contributed by atoms with E-state index in [1.807, 2.05) is 6.08 Å². The third-order valence-electron chi connectivity index (χ3n) is 1.72. The van der Waals surface area contributed by atoms with Crippen LogP contribution in [0.5, 0.6) is 0 Å². The van der Waals surface area contributed by atoms with Crippen LogP contribution in [0.25, 0.3) is 0 Å². The molecule has 2 aliphatic rings. The Morgan fingerprint density at radius 3 is 3.00 bits per heavy atom. The lowest BCUT2D eigenvalue weighted by molar-refractivity contribution is 0.660. The van der Waals surface area contributed by atoms with Gasteiger partial charge in [0.25, 0.3) is 0 Å². The molecule has 0 fully saturated rings. The third kappa shape index (κ3) is 0.707. The molecule has 0 spiro atoms. The van der Waals surface area contributed by atoms with Crippen molar-refractivity contribution in [2.75, 3.05) is 6.54 Å². The van der Waals surface area contributed by atoms with Crippen molar-refractivity contribution in [1.82, 2.24) is 0 Å². The summed E-state index contributed by atoms with van der Waals surface area (Å²) < 4.78 is 0. The first-order valence-corrected chi connectivity index (χ1v) is 3.18. The fourth-order valence-corrected chi connectivity index (χ4v) is 1.17. The average molecular weight is 120 g/mol. The summed E-state index contributed by atoms with van der Waals surface area (Å²) >= 11 is 0. The van der Waals surface area contributed by atoms with Crippen LogP contribution >= 0.6 is 0 Å². The van der Waals surface area contributed by atoms with Gasteiger partial charge in [-0.1, -0.05) is 24.3 Å². The quantitative estimate of drug-likeness (QED) is 0.463. The van der Waals surface area contributed by atoms with Gasteiger partial charge >= 0.3 is 0 Å². The van der Waals surface area contributed by atoms with E-state index in [9.17, 15) is 0 Å². The second-order valence-electron chi connectivity index (χ2n) is 2.36. The van der Waals surface area contributed by atoms with Crippen molar-refractivity contribution >= 4 is 0 Å². The minimum absolute atomic E-state index is 0.356. The molecule has 0 radical (unpaired) electrons. The highest BCUT2D eigenvalue weighted by Gasteiger charge is 2.21. The van der Waals surface area contributed by atoms with Crippen molar-refractivity contribution in [3.8, 4) is 0 Å². The second kappa shape index (κ2) is 1.79. The minimum Gasteiger partial charge on any atom is -0.193 e. The number of nitrogens with zero attached hydrogens (tertiary/aromatic N) is 2. The summed E-state index contributed by atoms with van der Waals surface area (Å²) in [5.74, 6) is 0.565. The molecular formula is C7H8N2. The molecule has 0 unspecified atom stereocenters. The van der Waals surface area contributed by atoms with Gasteiger partial charge in [0.05, 0.1) is 12.6 Å². The van der Waals surface area contributed by atoms with E-state index in [0.29, 0.717) is 12.0 Å². The monoisotopic (exact) mass is 120 g/mol. The number of hydrogen-bond acceptors (Lipinski definition) is 2. The Labute approximate surface area is 54.0 Å². The van der Waals surface area contributed by atoms with Crippen LogP contribution in [0.15, 0.2) is 34.5 Å². The lowest BCUT2D eigenvalue weighted by Gasteiger charge is -2.09. The second-order valence-corrected chi connectivity index (χ2v) is 2.36. The predicted molar refractivity (Wildman–Crippen MR) is 35.3 cm³/mol. The molecule has 46 valence electrons. The molecule has 1 aliphatic carbocycles. The zero-order valence-electron chi connectivity index (χ0n) is 5.07. The Morgan fingerprint density at radius 2 is 2.11 bits per heavy atom. The number of fused-ring (bicyclic) bond motifs is 1. The van der Waals surface area contributed by atoms with Crippen LogP contribution in [0.3, 0.4) is 0 Å². The molecule has 0 saturated carbocycles. The number of hydrogen-bond donors (Lipinski definition) is 0. The molecule has 2 rings (SSSR count). The van der Waals surface area contributed by atoms with Crippen LogP contribution in [-0.4, -0.2) is 12.6 Å². The normalized spacial score (nSPS) is 37.3. The summed E-state index contributed by atoms with van der Waals surface area (Å²) in [6.45, 7) is 0.880. The molecule has 1 aliphatic heterocycles. The van der Waals surface area contributed by atoms with E-state index >= 15 is 0 Å². The van der Waals surface area contributed by atoms with Gasteiger partial charge in [-0.3, -0.25) is 0 Å². The first-order chi connectivity index (χ1) is 4.47. The van der Waals surface area contributed by atoms with Crippen LogP contribution in [0.4, 0.5) is 0 Å². The van der Waals surface area contributed by atoms with Crippen LogP contribution < -0.4 is 0 Å². The number of allylic oxidation sites excluding steroid dienone is 2. The molecule has 0 aromatic rings. The highest BCUT2D eigenvalue weighted by Crippen LogP contribution is 2.21. The molecule has 0 bridgehead atoms. The van der Waals surface area contributed by atoms with E-state index in [2.05, 4.69) is 28.5 Å². The molecule has 0 amide bonds. The zero-order valence-corrected chi connectivity index (χ0v) is 5.07. The summed E-state index contributed by atoms with van der Waals surface area (Å²) in [6.07, 6.45) is 8.37. The summed E-state index contributed by atoms with van der Waals surface area (Å²) in [5.41, 5.74) is 0. The van der Waals surface area contributed by atoms with Crippen molar-refractivity contribution in [1.29, 1.82) is 0 Å². The summed E-state index contributed by atoms with van der Waals surface area (Å²) in [7, 11) is 0. The van der Waals surface area contributed by atoms with Gasteiger partial charge in [0.15, 0.2) is 0 Å². The first kappa shape index (κ1) is 4.91. The van der Waals surface area contributed by atoms with Gasteiger partial charge in [-0.25, -0.2) is 0 Å². The van der Waals surface area contributed by atoms with Crippen molar-refractivity contribution in [2.24, 2.45) is 16.1 Å². The van der Waals surface area contributed by atoms with Gasteiger partial charge in [0.1, 0.15) is 0 Å². The van der Waals surface area contributed by atoms with E-state index in [1.165, 1.54) is 0 Å². The van der Waals surface area contributed by atoms with Gasteiger partial charge in [0, 0.05) is 5.92 Å². The van der Waals surface area contributed by atoms with Crippen LogP contribution in [0.1, 0.15) is 0 Å². The van der Waals surface area contributed by atoms with E-state index in [-0.39, 0.29) is 0 Å². The maximum absolute atomic E-state index is 4.04. The van der Waals surface area contributed by atoms with Gasteiger partial charge in [0.2, 0.25) is 0 Å². The lowest BCUT2D eigenvalue weighted by Crippen LogP contribution is -2.12. The Balaban J connectivity index is 2.25. The molecular weight excluding hydrogens is 112 g/mol. The summed E-state index contributed by atoms with van der Waals surface area (Å²) in [6, 6.07) is 0.356. The minimum atomic E-state index is 0.356. The zero-order chi connectivity index (χ0) is 6.10. The van der Waals surface area contributed by atoms with Crippen LogP contribution in [0, 0.1) is 5.92 Å². The van der Waals surface area contributed by atoms with Gasteiger partial charge < -0.3 is 0 Å². The maximum atomic E-state index is 4.04. The van der Waals surface area contributed by atoms with Gasteiger partial charge in [-0.05, 0) is 0 Å². The molecule has 9 heavy (non-hydrogen) atoms. The molecule has 2 heteroatoms. The molecule has 2 atom stereocenters. The fraction of sp³-hybridized carbons (Fsp3) is 0.429. The summed E-state index contributed by atoms with van der Waals surface area (Å²) in [4.78, 5) is 0. The molecule has 0 saturated heterocycles. The number of azo groups is 1. The Bertz CT molecular complexity index is 191. The third-order valence-corrected chi connectivity index (χ3v) is 1.72. The molecule has 1 heterocycles. The predicted octanol–water partition coefficient (Wildman–Crippen LogP) is 1.56. The standard InChI is InChI=1S/C7H8N2/c1-2-4-7-6(3-1)5-8-9-7/h1-4,6-7H,5H2/t6-,7-/m1/s1. The molecule has 0 N–H and O–H groups in total. The van der Waals surface area contributed by atoms with Crippen LogP contribution in [-0.2, 0) is 0 Å². The largest absolute Gasteiger partial charge is 0.193 e. The van der Waals surface area contributed by atoms with Gasteiger partial charge in [-0.2, -0.15) is 10.2 Å². The molecule has 0 aromatic heterocycles. The van der Waals surface area contributed by atoms with Gasteiger partial charge in [-0.15, -0.1) is 0 Å². The summed E-state index contributed by atoms with van der Waals surface area (Å²) in [5, 5.41) is 8.00. The highest BCUT2D eigenvalue weighted by atomic mass is 15.2. The SMILES string of the molecule is C1=C[C@@H]2CN=N[C@@H]2C=C1. The Kier molecular flexibility index (Phi) is 0.979. The van der Waals surface area contributed by atoms with E-state index in [1.54, 1.807) is 0 Å². The number of rotatable bonds is 0. The van der Waals surface area contributed by atoms with Crippen molar-refractivity contribution < 1.29 is 0 Å². The Hall–Kier alpha value is -0.920. The maximum Gasteiger partial charge on any atom is 0.0972 e. The smallest absolute Gasteiger partial charge is 0.0972 e. The van der Waals surface area contributed by atoms with Crippen LogP contribution in [0.2, 0.25) is 0 Å². The van der Waals surface area contributed by atoms with E-state index in [4.69, 9.17) is 0 Å². The fourth-order valence-electron chi connectivity index (χ4n) is 1.17.